The van der Waals surface area contributed by atoms with Gasteiger partial charge in [0.05, 0.1) is 36.6 Å². The number of benzene rings is 1. The molecule has 1 aromatic carbocycles. The van der Waals surface area contributed by atoms with Crippen LogP contribution in [0.3, 0.4) is 0 Å². The van der Waals surface area contributed by atoms with Crippen LogP contribution in [0.2, 0.25) is 0 Å². The summed E-state index contributed by atoms with van der Waals surface area (Å²) in [5, 5.41) is 5.51. The highest BCUT2D eigenvalue weighted by Gasteiger charge is 2.26. The molecule has 0 atom stereocenters. The fourth-order valence-corrected chi connectivity index (χ4v) is 3.39. The normalized spacial score (nSPS) is 13.6. The van der Waals surface area contributed by atoms with Crippen LogP contribution in [0, 0.1) is 5.82 Å². The zero-order valence-corrected chi connectivity index (χ0v) is 13.4. The van der Waals surface area contributed by atoms with Crippen molar-refractivity contribution in [1.29, 1.82) is 0 Å². The Labute approximate surface area is 143 Å². The van der Waals surface area contributed by atoms with E-state index in [1.807, 2.05) is 23.0 Å². The van der Waals surface area contributed by atoms with Gasteiger partial charge in [0.25, 0.3) is 0 Å². The quantitative estimate of drug-likeness (QED) is 0.573. The van der Waals surface area contributed by atoms with Gasteiger partial charge >= 0.3 is 0 Å². The molecule has 3 aromatic heterocycles. The van der Waals surface area contributed by atoms with Gasteiger partial charge in [-0.3, -0.25) is 4.68 Å². The molecule has 1 aliphatic heterocycles. The smallest absolute Gasteiger partial charge is 0.140 e. The lowest BCUT2D eigenvalue weighted by molar-refractivity contribution is 0.615. The van der Waals surface area contributed by atoms with Gasteiger partial charge in [0, 0.05) is 18.3 Å². The van der Waals surface area contributed by atoms with Crippen molar-refractivity contribution in [2.45, 2.75) is 19.6 Å². The first-order chi connectivity index (χ1) is 12.3. The number of hydrogen-bond acceptors (Lipinski definition) is 4. The molecule has 5 nitrogen and oxygen atoms in total. The summed E-state index contributed by atoms with van der Waals surface area (Å²) in [6.45, 7) is 2.15. The number of fused-ring (bicyclic) bond motifs is 2. The Kier molecular flexibility index (Phi) is 3.09. The summed E-state index contributed by atoms with van der Waals surface area (Å²) in [7, 11) is 0. The molecule has 5 rings (SSSR count). The lowest BCUT2D eigenvalue weighted by Gasteiger charge is -2.17. The van der Waals surface area contributed by atoms with Crippen LogP contribution in [-0.2, 0) is 19.6 Å². The van der Waals surface area contributed by atoms with Crippen molar-refractivity contribution in [2.24, 2.45) is 0 Å². The van der Waals surface area contributed by atoms with Crippen molar-refractivity contribution in [3.63, 3.8) is 0 Å². The van der Waals surface area contributed by atoms with Gasteiger partial charge < -0.3 is 9.32 Å². The number of aromatic nitrogens is 3. The van der Waals surface area contributed by atoms with Crippen molar-refractivity contribution < 1.29 is 8.81 Å². The van der Waals surface area contributed by atoms with E-state index >= 15 is 0 Å². The van der Waals surface area contributed by atoms with Gasteiger partial charge in [-0.2, -0.15) is 5.10 Å². The number of hydrogen-bond donors (Lipinski definition) is 0. The van der Waals surface area contributed by atoms with Crippen LogP contribution in [0.15, 0.2) is 59.5 Å². The third-order valence-electron chi connectivity index (χ3n) is 4.64. The molecule has 0 spiro atoms. The van der Waals surface area contributed by atoms with E-state index in [1.54, 1.807) is 24.6 Å². The first kappa shape index (κ1) is 14.2. The zero-order valence-electron chi connectivity index (χ0n) is 13.4. The molecule has 0 N–H and O–H groups in total. The molecular weight excluding hydrogens is 319 g/mol. The SMILES string of the molecule is Fc1ccc(Cn2ncc3c2CN(c2nccc4occc24)C3)cc1. The summed E-state index contributed by atoms with van der Waals surface area (Å²) < 4.78 is 20.5. The molecule has 4 heterocycles. The highest BCUT2D eigenvalue weighted by molar-refractivity contribution is 5.88. The van der Waals surface area contributed by atoms with Gasteiger partial charge in [0.1, 0.15) is 17.2 Å². The minimum absolute atomic E-state index is 0.222. The van der Waals surface area contributed by atoms with Crippen molar-refractivity contribution in [2.75, 3.05) is 4.90 Å². The molecule has 6 heteroatoms. The number of halogens is 1. The number of nitrogens with zero attached hydrogens (tertiary/aromatic N) is 4. The Morgan fingerprint density at radius 3 is 2.84 bits per heavy atom. The van der Waals surface area contributed by atoms with Gasteiger partial charge in [-0.15, -0.1) is 0 Å². The van der Waals surface area contributed by atoms with Crippen molar-refractivity contribution >= 4 is 16.8 Å². The predicted molar refractivity (Wildman–Crippen MR) is 91.6 cm³/mol. The Hall–Kier alpha value is -3.15. The third-order valence-corrected chi connectivity index (χ3v) is 4.64. The first-order valence-corrected chi connectivity index (χ1v) is 8.13. The minimum Gasteiger partial charge on any atom is -0.464 e. The zero-order chi connectivity index (χ0) is 16.8. The molecule has 0 bridgehead atoms. The second-order valence-electron chi connectivity index (χ2n) is 6.22. The van der Waals surface area contributed by atoms with Crippen molar-refractivity contribution in [3.8, 4) is 0 Å². The van der Waals surface area contributed by atoms with Gasteiger partial charge in [0.2, 0.25) is 0 Å². The number of pyridine rings is 1. The van der Waals surface area contributed by atoms with E-state index < -0.39 is 0 Å². The van der Waals surface area contributed by atoms with Crippen LogP contribution in [-0.4, -0.2) is 14.8 Å². The highest BCUT2D eigenvalue weighted by atomic mass is 19.1. The van der Waals surface area contributed by atoms with E-state index in [1.165, 1.54) is 23.4 Å². The molecule has 25 heavy (non-hydrogen) atoms. The van der Waals surface area contributed by atoms with Gasteiger partial charge in [-0.05, 0) is 29.8 Å². The van der Waals surface area contributed by atoms with E-state index in [0.717, 1.165) is 35.4 Å². The molecular formula is C19H15FN4O. The molecule has 1 aliphatic rings. The maximum absolute atomic E-state index is 13.1. The van der Waals surface area contributed by atoms with Crippen LogP contribution in [0.5, 0.6) is 0 Å². The van der Waals surface area contributed by atoms with Crippen LogP contribution in [0.4, 0.5) is 10.2 Å². The lowest BCUT2D eigenvalue weighted by Crippen LogP contribution is -2.18. The van der Waals surface area contributed by atoms with Gasteiger partial charge in [-0.1, -0.05) is 12.1 Å². The molecule has 0 amide bonds. The fraction of sp³-hybridized carbons (Fsp3) is 0.158. The minimum atomic E-state index is -0.222. The highest BCUT2D eigenvalue weighted by Crippen LogP contribution is 2.32. The molecule has 0 aliphatic carbocycles. The molecule has 4 aromatic rings. The van der Waals surface area contributed by atoms with E-state index in [4.69, 9.17) is 4.42 Å². The summed E-state index contributed by atoms with van der Waals surface area (Å²) in [6.07, 6.45) is 5.37. The summed E-state index contributed by atoms with van der Waals surface area (Å²) in [6, 6.07) is 10.4. The summed E-state index contributed by atoms with van der Waals surface area (Å²) >= 11 is 0. The van der Waals surface area contributed by atoms with E-state index in [-0.39, 0.29) is 5.82 Å². The number of furan rings is 1. The number of rotatable bonds is 3. The molecule has 0 saturated heterocycles. The first-order valence-electron chi connectivity index (χ1n) is 8.13. The number of anilines is 1. The second-order valence-corrected chi connectivity index (χ2v) is 6.22. The standard InChI is InChI=1S/C19H15FN4O/c20-15-3-1-13(2-4-15)10-24-17-12-23(11-14(17)9-22-24)19-16-6-8-25-18(16)5-7-21-19/h1-9H,10-12H2. The topological polar surface area (TPSA) is 47.1 Å². The van der Waals surface area contributed by atoms with E-state index in [0.29, 0.717) is 6.54 Å². The monoisotopic (exact) mass is 334 g/mol. The van der Waals surface area contributed by atoms with Crippen LogP contribution in [0.1, 0.15) is 16.8 Å². The maximum atomic E-state index is 13.1. The summed E-state index contributed by atoms with van der Waals surface area (Å²) in [4.78, 5) is 6.77. The molecule has 0 fully saturated rings. The van der Waals surface area contributed by atoms with Crippen LogP contribution < -0.4 is 4.90 Å². The van der Waals surface area contributed by atoms with E-state index in [9.17, 15) is 4.39 Å². The maximum Gasteiger partial charge on any atom is 0.140 e. The molecule has 0 saturated carbocycles. The van der Waals surface area contributed by atoms with Gasteiger partial charge in [-0.25, -0.2) is 9.37 Å². The van der Waals surface area contributed by atoms with Crippen molar-refractivity contribution in [3.05, 3.63) is 77.7 Å². The van der Waals surface area contributed by atoms with Crippen LogP contribution in [0.25, 0.3) is 11.0 Å². The van der Waals surface area contributed by atoms with Gasteiger partial charge in [0.15, 0.2) is 0 Å². The Morgan fingerprint density at radius 1 is 1.08 bits per heavy atom. The molecule has 0 radical (unpaired) electrons. The Morgan fingerprint density at radius 2 is 1.96 bits per heavy atom. The lowest BCUT2D eigenvalue weighted by atomic mass is 10.2. The van der Waals surface area contributed by atoms with E-state index in [2.05, 4.69) is 15.0 Å². The molecule has 124 valence electrons. The predicted octanol–water partition coefficient (Wildman–Crippen LogP) is 3.73. The van der Waals surface area contributed by atoms with Crippen molar-refractivity contribution in [1.82, 2.24) is 14.8 Å². The summed E-state index contributed by atoms with van der Waals surface area (Å²) in [5.74, 6) is 0.704. The summed E-state index contributed by atoms with van der Waals surface area (Å²) in [5.41, 5.74) is 4.24. The van der Waals surface area contributed by atoms with Crippen LogP contribution >= 0.6 is 0 Å². The molecule has 0 unspecified atom stereocenters. The Bertz CT molecular complexity index is 1050. The fourth-order valence-electron chi connectivity index (χ4n) is 3.39. The second kappa shape index (κ2) is 5.44. The average molecular weight is 334 g/mol. The Balaban J connectivity index is 1.44. The third kappa shape index (κ3) is 2.38. The average Bonchev–Trinajstić information content (AvgIpc) is 3.33. The largest absolute Gasteiger partial charge is 0.464 e.